The highest BCUT2D eigenvalue weighted by atomic mass is 15.4. The lowest BCUT2D eigenvalue weighted by atomic mass is 10.1. The Hall–Kier alpha value is -0.660. The van der Waals surface area contributed by atoms with Crippen molar-refractivity contribution in [3.8, 4) is 0 Å². The van der Waals surface area contributed by atoms with Gasteiger partial charge in [-0.2, -0.15) is 0 Å². The Bertz CT molecular complexity index is 379. The van der Waals surface area contributed by atoms with Crippen molar-refractivity contribution < 1.29 is 0 Å². The molecule has 0 aromatic carbocycles. The van der Waals surface area contributed by atoms with Gasteiger partial charge in [-0.1, -0.05) is 124 Å². The molecule has 1 atom stereocenters. The van der Waals surface area contributed by atoms with E-state index in [9.17, 15) is 0 Å². The van der Waals surface area contributed by atoms with Crippen LogP contribution < -0.4 is 0 Å². The summed E-state index contributed by atoms with van der Waals surface area (Å²) in [5.74, 6) is 0. The third-order valence-corrected chi connectivity index (χ3v) is 6.82. The predicted octanol–water partition coefficient (Wildman–Crippen LogP) is 9.26. The zero-order valence-corrected chi connectivity index (χ0v) is 21.2. The van der Waals surface area contributed by atoms with Crippen LogP contribution in [0.4, 0.5) is 0 Å². The van der Waals surface area contributed by atoms with Crippen molar-refractivity contribution >= 4 is 0 Å². The molecule has 178 valence electrons. The minimum atomic E-state index is 0.645. The number of hydrogen-bond donors (Lipinski definition) is 0. The Morgan fingerprint density at radius 1 is 0.433 bits per heavy atom. The van der Waals surface area contributed by atoms with Crippen LogP contribution >= 0.6 is 0 Å². The number of nitrogens with zero attached hydrogens (tertiary/aromatic N) is 2. The van der Waals surface area contributed by atoms with Gasteiger partial charge in [0.15, 0.2) is 0 Å². The molecule has 1 unspecified atom stereocenters. The normalized spacial score (nSPS) is 16.2. The molecule has 0 spiro atoms. The van der Waals surface area contributed by atoms with Crippen molar-refractivity contribution in [3.05, 3.63) is 12.4 Å². The maximum atomic E-state index is 2.67. The lowest BCUT2D eigenvalue weighted by Crippen LogP contribution is -2.39. The van der Waals surface area contributed by atoms with Gasteiger partial charge < -0.3 is 9.80 Å². The van der Waals surface area contributed by atoms with Crippen LogP contribution in [0.2, 0.25) is 0 Å². The van der Waals surface area contributed by atoms with E-state index in [1.165, 1.54) is 142 Å². The summed E-state index contributed by atoms with van der Waals surface area (Å²) in [6.07, 6.45) is 33.5. The summed E-state index contributed by atoms with van der Waals surface area (Å²) in [7, 11) is 0. The smallest absolute Gasteiger partial charge is 0.101 e. The van der Waals surface area contributed by atoms with Gasteiger partial charge in [0.1, 0.15) is 6.17 Å². The Balaban J connectivity index is 2.25. The van der Waals surface area contributed by atoms with Crippen molar-refractivity contribution in [1.82, 2.24) is 9.80 Å². The first kappa shape index (κ1) is 27.4. The summed E-state index contributed by atoms with van der Waals surface area (Å²) in [5.41, 5.74) is 0. The highest BCUT2D eigenvalue weighted by Gasteiger charge is 2.24. The van der Waals surface area contributed by atoms with Gasteiger partial charge in [-0.05, 0) is 25.7 Å². The van der Waals surface area contributed by atoms with E-state index in [0.29, 0.717) is 6.17 Å². The Morgan fingerprint density at radius 3 is 1.17 bits per heavy atom. The molecule has 0 saturated carbocycles. The van der Waals surface area contributed by atoms with E-state index in [1.54, 1.807) is 0 Å². The van der Waals surface area contributed by atoms with Crippen LogP contribution in [0.25, 0.3) is 0 Å². The highest BCUT2D eigenvalue weighted by molar-refractivity contribution is 4.97. The van der Waals surface area contributed by atoms with Crippen LogP contribution in [-0.2, 0) is 0 Å². The summed E-state index contributed by atoms with van der Waals surface area (Å²) in [5, 5.41) is 0. The Labute approximate surface area is 190 Å². The molecule has 2 nitrogen and oxygen atoms in total. The van der Waals surface area contributed by atoms with E-state index >= 15 is 0 Å². The summed E-state index contributed by atoms with van der Waals surface area (Å²) in [6.45, 7) is 9.45. The second kappa shape index (κ2) is 20.3. The number of unbranched alkanes of at least 4 members (excludes halogenated alkanes) is 16. The van der Waals surface area contributed by atoms with Gasteiger partial charge in [-0.25, -0.2) is 0 Å². The fraction of sp³-hybridized carbons (Fsp3) is 0.929. The SMILES string of the molecule is CCCCCCCCCCN1C=CN(CCCCCCCCC)C1CCCCCC. The molecule has 0 aliphatic carbocycles. The fourth-order valence-corrected chi connectivity index (χ4v) is 4.77. The molecule has 0 radical (unpaired) electrons. The number of hydrogen-bond acceptors (Lipinski definition) is 2. The summed E-state index contributed by atoms with van der Waals surface area (Å²) < 4.78 is 0. The molecule has 30 heavy (non-hydrogen) atoms. The monoisotopic (exact) mass is 420 g/mol. The Morgan fingerprint density at radius 2 is 0.767 bits per heavy atom. The van der Waals surface area contributed by atoms with Crippen LogP contribution in [0.15, 0.2) is 12.4 Å². The van der Waals surface area contributed by atoms with Crippen molar-refractivity contribution in [2.24, 2.45) is 0 Å². The molecule has 0 amide bonds. The zero-order valence-electron chi connectivity index (χ0n) is 21.2. The maximum Gasteiger partial charge on any atom is 0.101 e. The Kier molecular flexibility index (Phi) is 18.5. The van der Waals surface area contributed by atoms with E-state index < -0.39 is 0 Å². The van der Waals surface area contributed by atoms with Crippen molar-refractivity contribution in [2.45, 2.75) is 155 Å². The lowest BCUT2D eigenvalue weighted by molar-refractivity contribution is 0.135. The highest BCUT2D eigenvalue weighted by Crippen LogP contribution is 2.23. The maximum absolute atomic E-state index is 2.67. The van der Waals surface area contributed by atoms with Crippen molar-refractivity contribution in [2.75, 3.05) is 13.1 Å². The van der Waals surface area contributed by atoms with Crippen molar-refractivity contribution in [1.29, 1.82) is 0 Å². The molecule has 1 rings (SSSR count). The van der Waals surface area contributed by atoms with E-state index in [0.717, 1.165) is 0 Å². The van der Waals surface area contributed by atoms with Crippen LogP contribution in [0, 0.1) is 0 Å². The van der Waals surface area contributed by atoms with Gasteiger partial charge in [-0.3, -0.25) is 0 Å². The molecular weight excluding hydrogens is 364 g/mol. The van der Waals surface area contributed by atoms with E-state index in [1.807, 2.05) is 0 Å². The first-order valence-corrected chi connectivity index (χ1v) is 14.0. The average Bonchev–Trinajstić information content (AvgIpc) is 3.14. The molecule has 2 heteroatoms. The molecule has 0 saturated heterocycles. The minimum absolute atomic E-state index is 0.645. The first-order valence-electron chi connectivity index (χ1n) is 14.0. The van der Waals surface area contributed by atoms with Gasteiger partial charge in [0.05, 0.1) is 0 Å². The van der Waals surface area contributed by atoms with Crippen molar-refractivity contribution in [3.63, 3.8) is 0 Å². The fourth-order valence-electron chi connectivity index (χ4n) is 4.77. The first-order chi connectivity index (χ1) is 14.8. The van der Waals surface area contributed by atoms with Gasteiger partial charge in [0, 0.05) is 25.5 Å². The van der Waals surface area contributed by atoms with Crippen LogP contribution in [-0.4, -0.2) is 29.1 Å². The second-order valence-electron chi connectivity index (χ2n) is 9.70. The summed E-state index contributed by atoms with van der Waals surface area (Å²) in [4.78, 5) is 5.34. The molecule has 1 heterocycles. The quantitative estimate of drug-likeness (QED) is 0.161. The largest absolute Gasteiger partial charge is 0.356 e. The third kappa shape index (κ3) is 13.6. The van der Waals surface area contributed by atoms with Gasteiger partial charge in [0.2, 0.25) is 0 Å². The van der Waals surface area contributed by atoms with Crippen LogP contribution in [0.1, 0.15) is 149 Å². The lowest BCUT2D eigenvalue weighted by Gasteiger charge is -2.33. The molecule has 0 aromatic heterocycles. The van der Waals surface area contributed by atoms with Gasteiger partial charge in [-0.15, -0.1) is 0 Å². The molecule has 0 bridgehead atoms. The van der Waals surface area contributed by atoms with E-state index in [4.69, 9.17) is 0 Å². The predicted molar refractivity (Wildman–Crippen MR) is 136 cm³/mol. The standard InChI is InChI=1S/C28H56N2/c1-4-7-10-13-15-17-19-22-25-30-27-26-29(28(30)23-20-12-9-6-3)24-21-18-16-14-11-8-5-2/h26-28H,4-25H2,1-3H3. The van der Waals surface area contributed by atoms with E-state index in [-0.39, 0.29) is 0 Å². The molecule has 0 aromatic rings. The van der Waals surface area contributed by atoms with Gasteiger partial charge >= 0.3 is 0 Å². The second-order valence-corrected chi connectivity index (χ2v) is 9.70. The van der Waals surface area contributed by atoms with Crippen LogP contribution in [0.3, 0.4) is 0 Å². The van der Waals surface area contributed by atoms with Gasteiger partial charge in [0.25, 0.3) is 0 Å². The average molecular weight is 421 g/mol. The van der Waals surface area contributed by atoms with E-state index in [2.05, 4.69) is 43.0 Å². The molecule has 0 N–H and O–H groups in total. The summed E-state index contributed by atoms with van der Waals surface area (Å²) in [6, 6.07) is 0. The minimum Gasteiger partial charge on any atom is -0.356 e. The topological polar surface area (TPSA) is 6.48 Å². The molecular formula is C28H56N2. The van der Waals surface area contributed by atoms with Crippen LogP contribution in [0.5, 0.6) is 0 Å². The zero-order chi connectivity index (χ0) is 21.7. The summed E-state index contributed by atoms with van der Waals surface area (Å²) >= 11 is 0. The molecule has 0 fully saturated rings. The number of rotatable bonds is 22. The molecule has 1 aliphatic heterocycles. The molecule has 1 aliphatic rings. The third-order valence-electron chi connectivity index (χ3n) is 6.82.